The molecule has 1 atom stereocenters. The molecule has 0 radical (unpaired) electrons. The molecule has 21 heavy (non-hydrogen) atoms. The lowest BCUT2D eigenvalue weighted by atomic mass is 10.0. The van der Waals surface area contributed by atoms with Crippen molar-refractivity contribution in [3.05, 3.63) is 60.3 Å². The van der Waals surface area contributed by atoms with Gasteiger partial charge in [-0.1, -0.05) is 12.1 Å². The molecular formula is C17H17N3O. The van der Waals surface area contributed by atoms with Crippen LogP contribution in [0.1, 0.15) is 18.4 Å². The second-order valence-electron chi connectivity index (χ2n) is 5.22. The number of nitrogens with zero attached hydrogens (tertiary/aromatic N) is 1. The zero-order chi connectivity index (χ0) is 15.0. The van der Waals surface area contributed by atoms with E-state index in [-0.39, 0.29) is 11.8 Å². The molecule has 0 aliphatic carbocycles. The number of benzene rings is 2. The van der Waals surface area contributed by atoms with E-state index in [0.29, 0.717) is 0 Å². The van der Waals surface area contributed by atoms with Crippen LogP contribution < -0.4 is 11.5 Å². The molecule has 3 aromatic rings. The van der Waals surface area contributed by atoms with Gasteiger partial charge < -0.3 is 16.0 Å². The number of amides is 1. The maximum absolute atomic E-state index is 11.2. The highest BCUT2D eigenvalue weighted by Crippen LogP contribution is 2.24. The second-order valence-corrected chi connectivity index (χ2v) is 5.22. The van der Waals surface area contributed by atoms with Crippen LogP contribution in [0.4, 0.5) is 5.69 Å². The zero-order valence-electron chi connectivity index (χ0n) is 11.8. The van der Waals surface area contributed by atoms with Gasteiger partial charge in [0.05, 0.1) is 11.4 Å². The highest BCUT2D eigenvalue weighted by atomic mass is 16.1. The quantitative estimate of drug-likeness (QED) is 0.723. The van der Waals surface area contributed by atoms with E-state index in [1.165, 1.54) is 0 Å². The van der Waals surface area contributed by atoms with E-state index in [1.54, 1.807) is 0 Å². The number of aromatic nitrogens is 1. The first kappa shape index (κ1) is 13.2. The fraction of sp³-hybridized carbons (Fsp3) is 0.118. The lowest BCUT2D eigenvalue weighted by Gasteiger charge is -2.10. The molecule has 0 saturated carbocycles. The number of nitrogens with two attached hydrogens (primary N) is 2. The molecule has 1 aromatic heterocycles. The summed E-state index contributed by atoms with van der Waals surface area (Å²) < 4.78 is 2.09. The summed E-state index contributed by atoms with van der Waals surface area (Å²) in [6, 6.07) is 15.7. The molecule has 106 valence electrons. The van der Waals surface area contributed by atoms with Crippen LogP contribution in [-0.4, -0.2) is 10.5 Å². The summed E-state index contributed by atoms with van der Waals surface area (Å²) >= 11 is 0. The van der Waals surface area contributed by atoms with Gasteiger partial charge in [0.25, 0.3) is 0 Å². The summed E-state index contributed by atoms with van der Waals surface area (Å²) in [6.45, 7) is 1.81. The Morgan fingerprint density at radius 1 is 1.10 bits per heavy atom. The van der Waals surface area contributed by atoms with Crippen LogP contribution in [-0.2, 0) is 4.79 Å². The predicted molar refractivity (Wildman–Crippen MR) is 85.3 cm³/mol. The average Bonchev–Trinajstić information content (AvgIpc) is 2.89. The summed E-state index contributed by atoms with van der Waals surface area (Å²) in [5.74, 6) is -0.593. The van der Waals surface area contributed by atoms with E-state index < -0.39 is 0 Å². The molecule has 2 aromatic carbocycles. The fourth-order valence-corrected chi connectivity index (χ4v) is 2.47. The van der Waals surface area contributed by atoms with Crippen molar-refractivity contribution in [1.29, 1.82) is 0 Å². The van der Waals surface area contributed by atoms with Gasteiger partial charge in [-0.25, -0.2) is 0 Å². The Bertz CT molecular complexity index is 803. The predicted octanol–water partition coefficient (Wildman–Crippen LogP) is 2.80. The van der Waals surface area contributed by atoms with Gasteiger partial charge in [0, 0.05) is 23.0 Å². The molecule has 4 heteroatoms. The molecule has 3 rings (SSSR count). The topological polar surface area (TPSA) is 74.0 Å². The van der Waals surface area contributed by atoms with Gasteiger partial charge in [-0.15, -0.1) is 0 Å². The Morgan fingerprint density at radius 2 is 1.81 bits per heavy atom. The van der Waals surface area contributed by atoms with E-state index in [2.05, 4.69) is 4.57 Å². The number of carbonyl (C=O) groups is 1. The molecule has 0 fully saturated rings. The van der Waals surface area contributed by atoms with E-state index in [9.17, 15) is 4.79 Å². The molecule has 4 N–H and O–H groups in total. The van der Waals surface area contributed by atoms with Gasteiger partial charge in [0.15, 0.2) is 0 Å². The van der Waals surface area contributed by atoms with Gasteiger partial charge in [-0.05, 0) is 48.9 Å². The van der Waals surface area contributed by atoms with Gasteiger partial charge in [-0.3, -0.25) is 4.79 Å². The normalized spacial score (nSPS) is 12.4. The number of rotatable bonds is 3. The Hall–Kier alpha value is -2.75. The first-order valence-corrected chi connectivity index (χ1v) is 6.82. The highest BCUT2D eigenvalue weighted by molar-refractivity contribution is 5.85. The van der Waals surface area contributed by atoms with E-state index in [4.69, 9.17) is 11.5 Å². The van der Waals surface area contributed by atoms with E-state index in [1.807, 2.05) is 61.7 Å². The smallest absolute Gasteiger partial charge is 0.224 e. The number of hydrogen-bond donors (Lipinski definition) is 2. The van der Waals surface area contributed by atoms with Crippen molar-refractivity contribution < 1.29 is 4.79 Å². The lowest BCUT2D eigenvalue weighted by molar-refractivity contribution is -0.119. The Morgan fingerprint density at radius 3 is 2.48 bits per heavy atom. The summed E-state index contributed by atoms with van der Waals surface area (Å²) in [5, 5.41) is 1.10. The number of fused-ring (bicyclic) bond motifs is 1. The lowest BCUT2D eigenvalue weighted by Crippen LogP contribution is -2.18. The van der Waals surface area contributed by atoms with Crippen LogP contribution in [0.25, 0.3) is 16.6 Å². The molecular weight excluding hydrogens is 262 g/mol. The third-order valence-corrected chi connectivity index (χ3v) is 3.81. The Labute approximate surface area is 123 Å². The summed E-state index contributed by atoms with van der Waals surface area (Å²) in [6.07, 6.45) is 2.01. The largest absolute Gasteiger partial charge is 0.399 e. The van der Waals surface area contributed by atoms with Crippen molar-refractivity contribution >= 4 is 22.5 Å². The van der Waals surface area contributed by atoms with Crippen LogP contribution in [0.2, 0.25) is 0 Å². The van der Waals surface area contributed by atoms with Crippen LogP contribution >= 0.6 is 0 Å². The maximum atomic E-state index is 11.2. The third kappa shape index (κ3) is 2.36. The number of hydrogen-bond acceptors (Lipinski definition) is 2. The minimum atomic E-state index is -0.315. The van der Waals surface area contributed by atoms with Crippen molar-refractivity contribution in [3.63, 3.8) is 0 Å². The molecule has 4 nitrogen and oxygen atoms in total. The Balaban J connectivity index is 2.01. The monoisotopic (exact) mass is 279 g/mol. The third-order valence-electron chi connectivity index (χ3n) is 3.81. The molecule has 0 aliphatic rings. The van der Waals surface area contributed by atoms with Crippen molar-refractivity contribution in [2.45, 2.75) is 12.8 Å². The molecule has 0 saturated heterocycles. The molecule has 1 heterocycles. The van der Waals surface area contributed by atoms with Crippen LogP contribution in [0.3, 0.4) is 0 Å². The van der Waals surface area contributed by atoms with Crippen LogP contribution in [0.15, 0.2) is 54.7 Å². The van der Waals surface area contributed by atoms with Crippen molar-refractivity contribution in [2.75, 3.05) is 5.73 Å². The number of primary amides is 1. The fourth-order valence-electron chi connectivity index (χ4n) is 2.47. The second kappa shape index (κ2) is 4.98. The van der Waals surface area contributed by atoms with Gasteiger partial charge in [0.1, 0.15) is 0 Å². The molecule has 0 spiro atoms. The molecule has 0 aliphatic heterocycles. The van der Waals surface area contributed by atoms with Gasteiger partial charge in [0.2, 0.25) is 5.91 Å². The minimum absolute atomic E-state index is 0.278. The minimum Gasteiger partial charge on any atom is -0.399 e. The Kier molecular flexibility index (Phi) is 3.14. The first-order valence-electron chi connectivity index (χ1n) is 6.82. The van der Waals surface area contributed by atoms with Crippen molar-refractivity contribution in [1.82, 2.24) is 4.57 Å². The van der Waals surface area contributed by atoms with Gasteiger partial charge >= 0.3 is 0 Å². The highest BCUT2D eigenvalue weighted by Gasteiger charge is 2.11. The number of nitrogen functional groups attached to an aromatic ring is 1. The SMILES string of the molecule is CC(C(N)=O)c1ccc(-n2ccc3cc(N)ccc32)cc1. The zero-order valence-corrected chi connectivity index (χ0v) is 11.8. The summed E-state index contributed by atoms with van der Waals surface area (Å²) in [7, 11) is 0. The summed E-state index contributed by atoms with van der Waals surface area (Å²) in [5.41, 5.74) is 14.9. The standard InChI is InChI=1S/C17H17N3O/c1-11(17(19)21)12-2-5-15(6-3-12)20-9-8-13-10-14(18)4-7-16(13)20/h2-11H,18H2,1H3,(H2,19,21). The van der Waals surface area contributed by atoms with Crippen molar-refractivity contribution in [2.24, 2.45) is 5.73 Å². The number of anilines is 1. The van der Waals surface area contributed by atoms with E-state index >= 15 is 0 Å². The molecule has 0 bridgehead atoms. The maximum Gasteiger partial charge on any atom is 0.224 e. The first-order chi connectivity index (χ1) is 10.1. The number of carbonyl (C=O) groups excluding carboxylic acids is 1. The van der Waals surface area contributed by atoms with E-state index in [0.717, 1.165) is 27.8 Å². The van der Waals surface area contributed by atoms with Crippen molar-refractivity contribution in [3.8, 4) is 5.69 Å². The van der Waals surface area contributed by atoms with Gasteiger partial charge in [-0.2, -0.15) is 0 Å². The molecule has 1 amide bonds. The summed E-state index contributed by atoms with van der Waals surface area (Å²) in [4.78, 5) is 11.2. The van der Waals surface area contributed by atoms with Crippen LogP contribution in [0, 0.1) is 0 Å². The van der Waals surface area contributed by atoms with Crippen LogP contribution in [0.5, 0.6) is 0 Å². The average molecular weight is 279 g/mol. The molecule has 1 unspecified atom stereocenters.